The topological polar surface area (TPSA) is 84.5 Å². The van der Waals surface area contributed by atoms with Crippen molar-refractivity contribution in [1.29, 1.82) is 10.5 Å². The lowest BCUT2D eigenvalue weighted by molar-refractivity contribution is 0.296. The molecule has 6 heteroatoms. The first-order valence-electron chi connectivity index (χ1n) is 15.5. The molecular formula is C38H44N2O4. The number of hydrogen-bond donors (Lipinski definition) is 0. The fourth-order valence-electron chi connectivity index (χ4n) is 4.70. The minimum atomic E-state index is 0.497. The van der Waals surface area contributed by atoms with Gasteiger partial charge >= 0.3 is 0 Å². The van der Waals surface area contributed by atoms with Crippen LogP contribution < -0.4 is 18.9 Å². The summed E-state index contributed by atoms with van der Waals surface area (Å²) in [6.45, 7) is 5.47. The normalized spacial score (nSPS) is 11.4. The van der Waals surface area contributed by atoms with Gasteiger partial charge in [-0.15, -0.1) is 0 Å². The second kappa shape index (κ2) is 18.8. The van der Waals surface area contributed by atoms with E-state index < -0.39 is 0 Å². The molecule has 230 valence electrons. The lowest BCUT2D eigenvalue weighted by Crippen LogP contribution is -2.03. The Kier molecular flexibility index (Phi) is 14.4. The molecule has 0 unspecified atom stereocenters. The van der Waals surface area contributed by atoms with Gasteiger partial charge in [0.2, 0.25) is 0 Å². The summed E-state index contributed by atoms with van der Waals surface area (Å²) in [4.78, 5) is 0. The Morgan fingerprint density at radius 3 is 1.30 bits per heavy atom. The molecule has 0 N–H and O–H groups in total. The lowest BCUT2D eigenvalue weighted by Gasteiger charge is -2.16. The van der Waals surface area contributed by atoms with Crippen molar-refractivity contribution in [1.82, 2.24) is 0 Å². The number of unbranched alkanes of at least 4 members (excludes halogenated alkanes) is 6. The standard InChI is InChI=1S/C38H44N2O4/c1-5-7-9-11-21-43-37-25-32(24-34(28-40)30-15-19-36(42-4)20-16-30)38(44-22-12-10-8-6-2)26-31(37)23-33(27-39)29-13-17-35(41-3)18-14-29/h13-20,23-26H,5-12,21-22H2,1-4H3/b33-23+,34-24+. The van der Waals surface area contributed by atoms with E-state index in [1.54, 1.807) is 14.2 Å². The van der Waals surface area contributed by atoms with Gasteiger partial charge in [0.05, 0.1) is 50.7 Å². The van der Waals surface area contributed by atoms with Crippen molar-refractivity contribution in [3.8, 4) is 35.1 Å². The summed E-state index contributed by atoms with van der Waals surface area (Å²) < 4.78 is 23.3. The molecule has 0 saturated heterocycles. The van der Waals surface area contributed by atoms with E-state index in [4.69, 9.17) is 18.9 Å². The van der Waals surface area contributed by atoms with Gasteiger partial charge in [-0.25, -0.2) is 0 Å². The number of allylic oxidation sites excluding steroid dienone is 2. The molecule has 0 atom stereocenters. The predicted molar refractivity (Wildman–Crippen MR) is 179 cm³/mol. The first-order valence-corrected chi connectivity index (χ1v) is 15.5. The summed E-state index contributed by atoms with van der Waals surface area (Å²) in [5.41, 5.74) is 4.04. The first-order chi connectivity index (χ1) is 21.6. The molecule has 0 heterocycles. The highest BCUT2D eigenvalue weighted by atomic mass is 16.5. The third kappa shape index (κ3) is 10.2. The Labute approximate surface area is 263 Å². The molecule has 0 aromatic heterocycles. The Morgan fingerprint density at radius 1 is 0.591 bits per heavy atom. The van der Waals surface area contributed by atoms with Crippen LogP contribution >= 0.6 is 0 Å². The van der Waals surface area contributed by atoms with Crippen LogP contribution in [0, 0.1) is 22.7 Å². The van der Waals surface area contributed by atoms with Crippen LogP contribution in [0.3, 0.4) is 0 Å². The molecule has 0 aliphatic rings. The minimum Gasteiger partial charge on any atom is -0.497 e. The van der Waals surface area contributed by atoms with Crippen LogP contribution in [0.15, 0.2) is 60.7 Å². The molecule has 0 fully saturated rings. The minimum absolute atomic E-state index is 0.497. The number of benzene rings is 3. The van der Waals surface area contributed by atoms with Gasteiger partial charge in [0.15, 0.2) is 0 Å². The molecule has 0 spiro atoms. The van der Waals surface area contributed by atoms with Gasteiger partial charge in [-0.2, -0.15) is 10.5 Å². The van der Waals surface area contributed by atoms with Crippen molar-refractivity contribution in [2.45, 2.75) is 65.2 Å². The molecule has 3 rings (SSSR count). The third-order valence-corrected chi connectivity index (χ3v) is 7.30. The van der Waals surface area contributed by atoms with Gasteiger partial charge in [0.25, 0.3) is 0 Å². The molecule has 6 nitrogen and oxygen atoms in total. The van der Waals surface area contributed by atoms with Gasteiger partial charge in [-0.1, -0.05) is 52.4 Å². The summed E-state index contributed by atoms with van der Waals surface area (Å²) in [6, 6.07) is 23.4. The average Bonchev–Trinajstić information content (AvgIpc) is 3.07. The van der Waals surface area contributed by atoms with E-state index in [-0.39, 0.29) is 0 Å². The second-order valence-electron chi connectivity index (χ2n) is 10.5. The summed E-state index contributed by atoms with van der Waals surface area (Å²) >= 11 is 0. The first kappa shape index (κ1) is 33.8. The van der Waals surface area contributed by atoms with Crippen molar-refractivity contribution < 1.29 is 18.9 Å². The lowest BCUT2D eigenvalue weighted by atomic mass is 9.99. The molecule has 0 aliphatic heterocycles. The van der Waals surface area contributed by atoms with Gasteiger partial charge in [0, 0.05) is 11.1 Å². The van der Waals surface area contributed by atoms with Crippen molar-refractivity contribution in [3.63, 3.8) is 0 Å². The zero-order valence-electron chi connectivity index (χ0n) is 26.5. The van der Waals surface area contributed by atoms with Crippen LogP contribution in [0.5, 0.6) is 23.0 Å². The van der Waals surface area contributed by atoms with Crippen LogP contribution in [0.25, 0.3) is 23.3 Å². The fraction of sp³-hybridized carbons (Fsp3) is 0.368. The van der Waals surface area contributed by atoms with E-state index in [9.17, 15) is 10.5 Å². The number of ether oxygens (including phenoxy) is 4. The monoisotopic (exact) mass is 592 g/mol. The van der Waals surface area contributed by atoms with E-state index in [0.717, 1.165) is 85.1 Å². The van der Waals surface area contributed by atoms with Crippen molar-refractivity contribution >= 4 is 23.3 Å². The van der Waals surface area contributed by atoms with Crippen molar-refractivity contribution in [3.05, 3.63) is 82.9 Å². The van der Waals surface area contributed by atoms with Gasteiger partial charge < -0.3 is 18.9 Å². The SMILES string of the molecule is CCCCCCOc1cc(/C=C(\C#N)c2ccc(OC)cc2)c(OCCCCCC)cc1/C=C(\C#N)c1ccc(OC)cc1. The molecule has 0 radical (unpaired) electrons. The van der Waals surface area contributed by atoms with E-state index in [1.165, 1.54) is 0 Å². The van der Waals surface area contributed by atoms with E-state index >= 15 is 0 Å². The van der Waals surface area contributed by atoms with Crippen LogP contribution in [0.4, 0.5) is 0 Å². The van der Waals surface area contributed by atoms with Gasteiger partial charge in [-0.05, 0) is 96.8 Å². The van der Waals surface area contributed by atoms with Crippen molar-refractivity contribution in [2.24, 2.45) is 0 Å². The smallest absolute Gasteiger partial charge is 0.127 e. The van der Waals surface area contributed by atoms with Crippen LogP contribution in [-0.4, -0.2) is 27.4 Å². The summed E-state index contributed by atoms with van der Waals surface area (Å²) in [5, 5.41) is 20.2. The summed E-state index contributed by atoms with van der Waals surface area (Å²) in [6.07, 6.45) is 12.3. The van der Waals surface area contributed by atoms with E-state index in [1.807, 2.05) is 72.8 Å². The number of hydrogen-bond acceptors (Lipinski definition) is 6. The Hall–Kier alpha value is -4.68. The molecule has 44 heavy (non-hydrogen) atoms. The number of nitrogens with zero attached hydrogens (tertiary/aromatic N) is 2. The molecular weight excluding hydrogens is 548 g/mol. The maximum absolute atomic E-state index is 10.1. The maximum atomic E-state index is 10.1. The van der Waals surface area contributed by atoms with Crippen molar-refractivity contribution in [2.75, 3.05) is 27.4 Å². The number of methoxy groups -OCH3 is 2. The zero-order valence-corrected chi connectivity index (χ0v) is 26.5. The van der Waals surface area contributed by atoms with Crippen LogP contribution in [0.2, 0.25) is 0 Å². The predicted octanol–water partition coefficient (Wildman–Crippen LogP) is 9.75. The van der Waals surface area contributed by atoms with E-state index in [0.29, 0.717) is 35.9 Å². The molecule has 3 aromatic carbocycles. The maximum Gasteiger partial charge on any atom is 0.127 e. The highest BCUT2D eigenvalue weighted by molar-refractivity contribution is 5.93. The zero-order chi connectivity index (χ0) is 31.6. The number of nitriles is 2. The molecule has 0 saturated carbocycles. The van der Waals surface area contributed by atoms with Gasteiger partial charge in [-0.3, -0.25) is 0 Å². The Balaban J connectivity index is 2.11. The summed E-state index contributed by atoms with van der Waals surface area (Å²) in [7, 11) is 3.23. The fourth-order valence-corrected chi connectivity index (χ4v) is 4.70. The Bertz CT molecular complexity index is 1350. The number of rotatable bonds is 18. The summed E-state index contributed by atoms with van der Waals surface area (Å²) in [5.74, 6) is 2.73. The Morgan fingerprint density at radius 2 is 0.977 bits per heavy atom. The molecule has 3 aromatic rings. The molecule has 0 bridgehead atoms. The highest BCUT2D eigenvalue weighted by Crippen LogP contribution is 2.35. The van der Waals surface area contributed by atoms with Crippen LogP contribution in [-0.2, 0) is 0 Å². The largest absolute Gasteiger partial charge is 0.497 e. The van der Waals surface area contributed by atoms with Crippen LogP contribution in [0.1, 0.15) is 87.5 Å². The quantitative estimate of drug-likeness (QED) is 0.0830. The average molecular weight is 593 g/mol. The van der Waals surface area contributed by atoms with Gasteiger partial charge in [0.1, 0.15) is 23.0 Å². The van der Waals surface area contributed by atoms with E-state index in [2.05, 4.69) is 26.0 Å². The molecule has 0 amide bonds. The molecule has 0 aliphatic carbocycles. The second-order valence-corrected chi connectivity index (χ2v) is 10.5. The third-order valence-electron chi connectivity index (χ3n) is 7.30. The highest BCUT2D eigenvalue weighted by Gasteiger charge is 2.14.